The van der Waals surface area contributed by atoms with Crippen LogP contribution in [-0.2, 0) is 0 Å². The molecule has 0 saturated heterocycles. The van der Waals surface area contributed by atoms with Crippen molar-refractivity contribution in [2.24, 2.45) is 23.2 Å². The summed E-state index contributed by atoms with van der Waals surface area (Å²) in [6, 6.07) is 1.70. The lowest BCUT2D eigenvalue weighted by Crippen LogP contribution is -2.50. The fourth-order valence-electron chi connectivity index (χ4n) is 5.31. The summed E-state index contributed by atoms with van der Waals surface area (Å²) in [5.41, 5.74) is 6.29. The van der Waals surface area contributed by atoms with Crippen molar-refractivity contribution in [1.29, 1.82) is 0 Å². The van der Waals surface area contributed by atoms with Gasteiger partial charge in [0.1, 0.15) is 5.82 Å². The zero-order chi connectivity index (χ0) is 13.9. The van der Waals surface area contributed by atoms with Crippen LogP contribution in [0.25, 0.3) is 0 Å². The Morgan fingerprint density at radius 1 is 1.20 bits per heavy atom. The molecule has 4 saturated carbocycles. The number of hydrogen-bond acceptors (Lipinski definition) is 3. The normalized spacial score (nSPS) is 38.1. The molecule has 20 heavy (non-hydrogen) atoms. The number of carbonyl (C=O) groups excluding carboxylic acids is 1. The molecule has 0 spiro atoms. The van der Waals surface area contributed by atoms with E-state index < -0.39 is 0 Å². The van der Waals surface area contributed by atoms with Crippen molar-refractivity contribution < 1.29 is 4.79 Å². The molecule has 0 unspecified atom stereocenters. The second-order valence-electron chi connectivity index (χ2n) is 7.11. The molecule has 0 aliphatic heterocycles. The van der Waals surface area contributed by atoms with Gasteiger partial charge in [0.15, 0.2) is 5.78 Å². The first-order chi connectivity index (χ1) is 9.56. The van der Waals surface area contributed by atoms with Crippen LogP contribution >= 0.6 is 11.6 Å². The molecule has 1 aromatic rings. The smallest absolute Gasteiger partial charge is 0.172 e. The van der Waals surface area contributed by atoms with E-state index in [-0.39, 0.29) is 11.2 Å². The third-order valence-corrected chi connectivity index (χ3v) is 5.86. The Balaban J connectivity index is 1.73. The van der Waals surface area contributed by atoms with Crippen LogP contribution in [0, 0.1) is 23.2 Å². The van der Waals surface area contributed by atoms with Gasteiger partial charge in [0, 0.05) is 11.6 Å². The third kappa shape index (κ3) is 1.79. The molecule has 4 aliphatic carbocycles. The predicted octanol–water partition coefficient (Wildman–Crippen LogP) is 3.72. The van der Waals surface area contributed by atoms with Gasteiger partial charge in [0.05, 0.1) is 10.6 Å². The van der Waals surface area contributed by atoms with Crippen molar-refractivity contribution >= 4 is 23.2 Å². The van der Waals surface area contributed by atoms with Gasteiger partial charge in [-0.1, -0.05) is 11.6 Å². The van der Waals surface area contributed by atoms with Gasteiger partial charge in [0.2, 0.25) is 0 Å². The zero-order valence-electron chi connectivity index (χ0n) is 11.4. The monoisotopic (exact) mass is 290 g/mol. The molecule has 4 heteroatoms. The molecular formula is C16H19ClN2O. The lowest BCUT2D eigenvalue weighted by molar-refractivity contribution is -0.0352. The van der Waals surface area contributed by atoms with Crippen LogP contribution in [0.4, 0.5) is 5.82 Å². The number of Topliss-reactive ketones (excluding diaryl/α,β-unsaturated/α-hetero) is 1. The minimum absolute atomic E-state index is 0.171. The van der Waals surface area contributed by atoms with Crippen molar-refractivity contribution in [1.82, 2.24) is 4.98 Å². The first kappa shape index (κ1) is 12.6. The van der Waals surface area contributed by atoms with Gasteiger partial charge in [-0.2, -0.15) is 0 Å². The number of hydrogen-bond donors (Lipinski definition) is 1. The van der Waals surface area contributed by atoms with Gasteiger partial charge in [-0.25, -0.2) is 4.98 Å². The molecule has 1 aromatic heterocycles. The maximum absolute atomic E-state index is 13.1. The quantitative estimate of drug-likeness (QED) is 0.845. The van der Waals surface area contributed by atoms with Gasteiger partial charge in [0.25, 0.3) is 0 Å². The highest BCUT2D eigenvalue weighted by Crippen LogP contribution is 2.61. The largest absolute Gasteiger partial charge is 0.383 e. The molecule has 0 aromatic carbocycles. The SMILES string of the molecule is Nc1ncc(Cl)cc1C(=O)C12CC3CC(CC(C3)C1)C2. The van der Waals surface area contributed by atoms with Crippen LogP contribution in [0.3, 0.4) is 0 Å². The maximum Gasteiger partial charge on any atom is 0.172 e. The predicted molar refractivity (Wildman–Crippen MR) is 78.6 cm³/mol. The average molecular weight is 291 g/mol. The van der Waals surface area contributed by atoms with E-state index in [0.717, 1.165) is 37.0 Å². The van der Waals surface area contributed by atoms with Crippen molar-refractivity contribution in [3.63, 3.8) is 0 Å². The summed E-state index contributed by atoms with van der Waals surface area (Å²) in [6.07, 6.45) is 8.63. The summed E-state index contributed by atoms with van der Waals surface area (Å²) in [5, 5.41) is 0.493. The van der Waals surface area contributed by atoms with E-state index in [1.165, 1.54) is 25.5 Å². The lowest BCUT2D eigenvalue weighted by Gasteiger charge is -2.56. The molecule has 0 radical (unpaired) electrons. The summed E-state index contributed by atoms with van der Waals surface area (Å²) in [5.74, 6) is 2.77. The highest BCUT2D eigenvalue weighted by Gasteiger charge is 2.54. The van der Waals surface area contributed by atoms with E-state index in [4.69, 9.17) is 17.3 Å². The van der Waals surface area contributed by atoms with E-state index in [1.54, 1.807) is 6.07 Å². The molecule has 0 atom stereocenters. The van der Waals surface area contributed by atoms with Crippen LogP contribution < -0.4 is 5.73 Å². The molecular weight excluding hydrogens is 272 g/mol. The number of carbonyl (C=O) groups is 1. The van der Waals surface area contributed by atoms with E-state index in [1.807, 2.05) is 0 Å². The maximum atomic E-state index is 13.1. The van der Waals surface area contributed by atoms with E-state index in [2.05, 4.69) is 4.98 Å². The Labute approximate surface area is 123 Å². The average Bonchev–Trinajstić information content (AvgIpc) is 2.39. The van der Waals surface area contributed by atoms with Crippen molar-refractivity contribution in [2.45, 2.75) is 38.5 Å². The topological polar surface area (TPSA) is 56.0 Å². The van der Waals surface area contributed by atoms with E-state index in [0.29, 0.717) is 16.4 Å². The van der Waals surface area contributed by atoms with Gasteiger partial charge in [-0.3, -0.25) is 4.79 Å². The van der Waals surface area contributed by atoms with Gasteiger partial charge < -0.3 is 5.73 Å². The number of nitrogens with zero attached hydrogens (tertiary/aromatic N) is 1. The number of rotatable bonds is 2. The second-order valence-corrected chi connectivity index (χ2v) is 7.55. The number of ketones is 1. The molecule has 1 heterocycles. The number of halogens is 1. The summed E-state index contributed by atoms with van der Waals surface area (Å²) >= 11 is 6.00. The molecule has 4 aliphatic rings. The number of pyridine rings is 1. The van der Waals surface area contributed by atoms with Gasteiger partial charge >= 0.3 is 0 Å². The Morgan fingerprint density at radius 2 is 1.75 bits per heavy atom. The van der Waals surface area contributed by atoms with Crippen LogP contribution in [0.1, 0.15) is 48.9 Å². The number of nitrogen functional groups attached to an aromatic ring is 1. The minimum atomic E-state index is -0.171. The second kappa shape index (κ2) is 4.20. The summed E-state index contributed by atoms with van der Waals surface area (Å²) in [4.78, 5) is 17.1. The van der Waals surface area contributed by atoms with Crippen molar-refractivity contribution in [3.05, 3.63) is 22.8 Å². The highest BCUT2D eigenvalue weighted by molar-refractivity contribution is 6.31. The Morgan fingerprint density at radius 3 is 2.30 bits per heavy atom. The molecule has 4 bridgehead atoms. The summed E-state index contributed by atoms with van der Waals surface area (Å²) in [7, 11) is 0. The molecule has 2 N–H and O–H groups in total. The van der Waals surface area contributed by atoms with Crippen LogP contribution in [0.15, 0.2) is 12.3 Å². The minimum Gasteiger partial charge on any atom is -0.383 e. The third-order valence-electron chi connectivity index (χ3n) is 5.65. The standard InChI is InChI=1S/C16H19ClN2O/c17-12-4-13(15(18)19-8-12)14(20)16-5-9-1-10(6-16)3-11(2-9)7-16/h4,8-11H,1-3,5-7H2,(H2,18,19). The number of anilines is 1. The number of nitrogens with two attached hydrogens (primary N) is 1. The Kier molecular flexibility index (Phi) is 2.65. The first-order valence-corrected chi connectivity index (χ1v) is 7.89. The molecule has 4 fully saturated rings. The Bertz CT molecular complexity index is 549. The summed E-state index contributed by atoms with van der Waals surface area (Å²) < 4.78 is 0. The van der Waals surface area contributed by atoms with E-state index >= 15 is 0 Å². The number of aromatic nitrogens is 1. The van der Waals surface area contributed by atoms with Crippen LogP contribution in [0.5, 0.6) is 0 Å². The Hall–Kier alpha value is -1.09. The van der Waals surface area contributed by atoms with Crippen LogP contribution in [-0.4, -0.2) is 10.8 Å². The fraction of sp³-hybridized carbons (Fsp3) is 0.625. The zero-order valence-corrected chi connectivity index (χ0v) is 12.2. The van der Waals surface area contributed by atoms with Crippen LogP contribution in [0.2, 0.25) is 5.02 Å². The van der Waals surface area contributed by atoms with Gasteiger partial charge in [-0.05, 0) is 62.3 Å². The molecule has 106 valence electrons. The van der Waals surface area contributed by atoms with Crippen molar-refractivity contribution in [2.75, 3.05) is 5.73 Å². The molecule has 0 amide bonds. The van der Waals surface area contributed by atoms with E-state index in [9.17, 15) is 4.79 Å². The lowest BCUT2D eigenvalue weighted by atomic mass is 9.48. The van der Waals surface area contributed by atoms with Crippen molar-refractivity contribution in [3.8, 4) is 0 Å². The molecule has 5 rings (SSSR count). The molecule has 3 nitrogen and oxygen atoms in total. The summed E-state index contributed by atoms with van der Waals surface area (Å²) in [6.45, 7) is 0. The fourth-order valence-corrected chi connectivity index (χ4v) is 5.46. The highest BCUT2D eigenvalue weighted by atomic mass is 35.5. The first-order valence-electron chi connectivity index (χ1n) is 7.51. The van der Waals surface area contributed by atoms with Gasteiger partial charge in [-0.15, -0.1) is 0 Å².